The Morgan fingerprint density at radius 3 is 2.57 bits per heavy atom. The number of ether oxygens (including phenoxy) is 1. The van der Waals surface area contributed by atoms with Crippen molar-refractivity contribution in [1.82, 2.24) is 5.32 Å². The van der Waals surface area contributed by atoms with E-state index in [4.69, 9.17) is 4.74 Å². The summed E-state index contributed by atoms with van der Waals surface area (Å²) in [5, 5.41) is 11.9. The van der Waals surface area contributed by atoms with Crippen molar-refractivity contribution in [3.8, 4) is 5.75 Å². The van der Waals surface area contributed by atoms with Crippen LogP contribution in [0.15, 0.2) is 34.8 Å². The predicted molar refractivity (Wildman–Crippen MR) is 92.3 cm³/mol. The SMILES string of the molecule is COc1c(C(=O)NC(Cc2ccccc2)C(=O)O)sc(C)c1Br. The molecule has 0 spiro atoms. The van der Waals surface area contributed by atoms with Gasteiger partial charge in [-0.1, -0.05) is 30.3 Å². The van der Waals surface area contributed by atoms with Crippen LogP contribution in [0, 0.1) is 6.92 Å². The highest BCUT2D eigenvalue weighted by molar-refractivity contribution is 9.10. The Bertz CT molecular complexity index is 714. The minimum absolute atomic E-state index is 0.218. The summed E-state index contributed by atoms with van der Waals surface area (Å²) >= 11 is 4.62. The monoisotopic (exact) mass is 397 g/mol. The van der Waals surface area contributed by atoms with Gasteiger partial charge < -0.3 is 15.2 Å². The Morgan fingerprint density at radius 1 is 1.35 bits per heavy atom. The lowest BCUT2D eigenvalue weighted by Crippen LogP contribution is -2.42. The topological polar surface area (TPSA) is 75.6 Å². The zero-order valence-corrected chi connectivity index (χ0v) is 15.0. The van der Waals surface area contributed by atoms with Crippen molar-refractivity contribution in [1.29, 1.82) is 0 Å². The molecule has 1 atom stereocenters. The van der Waals surface area contributed by atoms with Gasteiger partial charge in [0.15, 0.2) is 5.75 Å². The molecule has 122 valence electrons. The molecule has 5 nitrogen and oxygen atoms in total. The van der Waals surface area contributed by atoms with E-state index >= 15 is 0 Å². The van der Waals surface area contributed by atoms with Crippen molar-refractivity contribution < 1.29 is 19.4 Å². The number of carbonyl (C=O) groups excluding carboxylic acids is 1. The molecule has 23 heavy (non-hydrogen) atoms. The average Bonchev–Trinajstić information content (AvgIpc) is 2.82. The fourth-order valence-corrected chi connectivity index (χ4v) is 3.76. The molecule has 2 rings (SSSR count). The first-order valence-electron chi connectivity index (χ1n) is 6.84. The second kappa shape index (κ2) is 7.61. The lowest BCUT2D eigenvalue weighted by atomic mass is 10.1. The van der Waals surface area contributed by atoms with Gasteiger partial charge in [0.1, 0.15) is 10.9 Å². The van der Waals surface area contributed by atoms with Crippen molar-refractivity contribution in [2.24, 2.45) is 0 Å². The van der Waals surface area contributed by atoms with Crippen molar-refractivity contribution in [2.75, 3.05) is 7.11 Å². The lowest BCUT2D eigenvalue weighted by Gasteiger charge is -2.14. The number of hydrogen-bond donors (Lipinski definition) is 2. The maximum Gasteiger partial charge on any atom is 0.326 e. The summed E-state index contributed by atoms with van der Waals surface area (Å²) in [7, 11) is 1.47. The van der Waals surface area contributed by atoms with E-state index in [2.05, 4.69) is 21.2 Å². The van der Waals surface area contributed by atoms with Gasteiger partial charge in [0, 0.05) is 11.3 Å². The van der Waals surface area contributed by atoms with Gasteiger partial charge in [-0.2, -0.15) is 0 Å². The van der Waals surface area contributed by atoms with Crippen LogP contribution in [0.1, 0.15) is 20.1 Å². The maximum atomic E-state index is 12.4. The van der Waals surface area contributed by atoms with Crippen LogP contribution in [0.5, 0.6) is 5.75 Å². The molecule has 1 aromatic carbocycles. The summed E-state index contributed by atoms with van der Waals surface area (Å²) in [6, 6.07) is 8.17. The molecule has 0 aliphatic heterocycles. The Labute approximate surface area is 146 Å². The first-order chi connectivity index (χ1) is 10.9. The molecule has 0 saturated carbocycles. The number of aliphatic carboxylic acids is 1. The number of amides is 1. The fourth-order valence-electron chi connectivity index (χ4n) is 2.11. The minimum atomic E-state index is -1.08. The summed E-state index contributed by atoms with van der Waals surface area (Å²) < 4.78 is 5.95. The third-order valence-electron chi connectivity index (χ3n) is 3.27. The molecular formula is C16H16BrNO4S. The van der Waals surface area contributed by atoms with Crippen LogP contribution in [-0.2, 0) is 11.2 Å². The third kappa shape index (κ3) is 4.11. The molecular weight excluding hydrogens is 382 g/mol. The highest BCUT2D eigenvalue weighted by Gasteiger charge is 2.26. The van der Waals surface area contributed by atoms with Gasteiger partial charge in [0.2, 0.25) is 0 Å². The quantitative estimate of drug-likeness (QED) is 0.784. The molecule has 0 aliphatic carbocycles. The fraction of sp³-hybridized carbons (Fsp3) is 0.250. The number of carboxylic acids is 1. The molecule has 0 bridgehead atoms. The van der Waals surface area contributed by atoms with Crippen LogP contribution < -0.4 is 10.1 Å². The first kappa shape index (κ1) is 17.5. The van der Waals surface area contributed by atoms with Gasteiger partial charge in [0.25, 0.3) is 5.91 Å². The van der Waals surface area contributed by atoms with Gasteiger partial charge in [0.05, 0.1) is 11.6 Å². The van der Waals surface area contributed by atoms with E-state index in [0.29, 0.717) is 15.1 Å². The maximum absolute atomic E-state index is 12.4. The summed E-state index contributed by atoms with van der Waals surface area (Å²) in [6.07, 6.45) is 0.218. The standard InChI is InChI=1S/C16H16BrNO4S/c1-9-12(17)13(22-2)14(23-9)15(19)18-11(16(20)21)8-10-6-4-3-5-7-10/h3-7,11H,8H2,1-2H3,(H,18,19)(H,20,21). The largest absolute Gasteiger partial charge is 0.494 e. The molecule has 2 N–H and O–H groups in total. The summed E-state index contributed by atoms with van der Waals surface area (Å²) in [4.78, 5) is 25.1. The Morgan fingerprint density at radius 2 is 2.00 bits per heavy atom. The zero-order valence-electron chi connectivity index (χ0n) is 12.6. The molecule has 1 unspecified atom stereocenters. The number of hydrogen-bond acceptors (Lipinski definition) is 4. The average molecular weight is 398 g/mol. The number of aryl methyl sites for hydroxylation is 1. The summed E-state index contributed by atoms with van der Waals surface area (Å²) in [5.74, 6) is -1.11. The molecule has 1 amide bonds. The van der Waals surface area contributed by atoms with Gasteiger partial charge in [-0.3, -0.25) is 4.79 Å². The van der Waals surface area contributed by atoms with Crippen LogP contribution in [0.3, 0.4) is 0 Å². The lowest BCUT2D eigenvalue weighted by molar-refractivity contribution is -0.139. The smallest absolute Gasteiger partial charge is 0.326 e. The molecule has 0 saturated heterocycles. The number of carbonyl (C=O) groups is 2. The Balaban J connectivity index is 2.19. The molecule has 7 heteroatoms. The van der Waals surface area contributed by atoms with E-state index in [1.807, 2.05) is 37.3 Å². The number of carboxylic acid groups (broad SMARTS) is 1. The number of rotatable bonds is 6. The van der Waals surface area contributed by atoms with E-state index in [9.17, 15) is 14.7 Å². The summed E-state index contributed by atoms with van der Waals surface area (Å²) in [6.45, 7) is 1.85. The molecule has 1 heterocycles. The van der Waals surface area contributed by atoms with Crippen molar-refractivity contribution in [3.63, 3.8) is 0 Å². The number of halogens is 1. The summed E-state index contributed by atoms with van der Waals surface area (Å²) in [5.41, 5.74) is 0.843. The Kier molecular flexibility index (Phi) is 5.79. The van der Waals surface area contributed by atoms with Crippen molar-refractivity contribution in [2.45, 2.75) is 19.4 Å². The zero-order chi connectivity index (χ0) is 17.0. The van der Waals surface area contributed by atoms with Gasteiger partial charge in [-0.25, -0.2) is 4.79 Å². The second-order valence-corrected chi connectivity index (χ2v) is 6.91. The van der Waals surface area contributed by atoms with Crippen molar-refractivity contribution >= 4 is 39.1 Å². The molecule has 0 radical (unpaired) electrons. The predicted octanol–water partition coefficient (Wildman–Crippen LogP) is 3.25. The van der Waals surface area contributed by atoms with Crippen LogP contribution in [-0.4, -0.2) is 30.1 Å². The highest BCUT2D eigenvalue weighted by Crippen LogP contribution is 2.39. The third-order valence-corrected chi connectivity index (χ3v) is 5.57. The molecule has 1 aromatic heterocycles. The van der Waals surface area contributed by atoms with E-state index in [-0.39, 0.29) is 6.42 Å². The first-order valence-corrected chi connectivity index (χ1v) is 8.45. The van der Waals surface area contributed by atoms with E-state index < -0.39 is 17.9 Å². The van der Waals surface area contributed by atoms with Crippen LogP contribution in [0.25, 0.3) is 0 Å². The normalized spacial score (nSPS) is 11.8. The van der Waals surface area contributed by atoms with E-state index in [1.165, 1.54) is 18.4 Å². The van der Waals surface area contributed by atoms with Gasteiger partial charge in [-0.15, -0.1) is 11.3 Å². The molecule has 0 aliphatic rings. The second-order valence-electron chi connectivity index (χ2n) is 4.89. The number of nitrogens with one attached hydrogen (secondary N) is 1. The van der Waals surface area contributed by atoms with Gasteiger partial charge in [-0.05, 0) is 28.4 Å². The minimum Gasteiger partial charge on any atom is -0.494 e. The van der Waals surface area contributed by atoms with Crippen LogP contribution in [0.4, 0.5) is 0 Å². The molecule has 2 aromatic rings. The highest BCUT2D eigenvalue weighted by atomic mass is 79.9. The Hall–Kier alpha value is -1.86. The van der Waals surface area contributed by atoms with Crippen LogP contribution in [0.2, 0.25) is 0 Å². The van der Waals surface area contributed by atoms with Crippen molar-refractivity contribution in [3.05, 3.63) is 50.1 Å². The van der Waals surface area contributed by atoms with E-state index in [0.717, 1.165) is 10.4 Å². The number of benzene rings is 1. The van der Waals surface area contributed by atoms with E-state index in [1.54, 1.807) is 0 Å². The number of methoxy groups -OCH3 is 1. The molecule has 0 fully saturated rings. The number of thiophene rings is 1. The van der Waals surface area contributed by atoms with Gasteiger partial charge >= 0.3 is 5.97 Å². The van der Waals surface area contributed by atoms with Crippen LogP contribution >= 0.6 is 27.3 Å².